The number of halogens is 1. The van der Waals surface area contributed by atoms with Crippen LogP contribution in [0.15, 0.2) is 48.5 Å². The van der Waals surface area contributed by atoms with Gasteiger partial charge in [-0.05, 0) is 23.8 Å². The van der Waals surface area contributed by atoms with E-state index in [1.807, 2.05) is 37.3 Å². The summed E-state index contributed by atoms with van der Waals surface area (Å²) in [7, 11) is 0. The molecule has 92 valence electrons. The highest BCUT2D eigenvalue weighted by molar-refractivity contribution is 6.34. The minimum Gasteiger partial charge on any atom is -0.399 e. The number of benzene rings is 2. The highest BCUT2D eigenvalue weighted by Gasteiger charge is 2.19. The first-order valence-electron chi connectivity index (χ1n) is 5.74. The lowest BCUT2D eigenvalue weighted by Gasteiger charge is -2.12. The number of anilines is 1. The van der Waals surface area contributed by atoms with Crippen LogP contribution in [0.5, 0.6) is 0 Å². The Morgan fingerprint density at radius 1 is 1.17 bits per heavy atom. The van der Waals surface area contributed by atoms with Gasteiger partial charge in [0.25, 0.3) is 0 Å². The van der Waals surface area contributed by atoms with Gasteiger partial charge in [-0.2, -0.15) is 0 Å². The largest absolute Gasteiger partial charge is 0.399 e. The fourth-order valence-corrected chi connectivity index (χ4v) is 2.14. The van der Waals surface area contributed by atoms with E-state index < -0.39 is 0 Å². The lowest BCUT2D eigenvalue weighted by molar-refractivity contribution is 0.0966. The van der Waals surface area contributed by atoms with Crippen LogP contribution in [0.25, 0.3) is 0 Å². The molecule has 0 aromatic heterocycles. The number of Topliss-reactive ketones (excluding diaryl/α,β-unsaturated/α-hetero) is 1. The van der Waals surface area contributed by atoms with Gasteiger partial charge in [-0.15, -0.1) is 0 Å². The number of ketones is 1. The molecule has 0 aliphatic carbocycles. The molecule has 2 nitrogen and oxygen atoms in total. The van der Waals surface area contributed by atoms with Crippen molar-refractivity contribution in [1.82, 2.24) is 0 Å². The van der Waals surface area contributed by atoms with Gasteiger partial charge >= 0.3 is 0 Å². The van der Waals surface area contributed by atoms with Gasteiger partial charge in [0, 0.05) is 17.2 Å². The Balaban J connectivity index is 2.32. The van der Waals surface area contributed by atoms with Crippen LogP contribution in [0.1, 0.15) is 28.8 Å². The highest BCUT2D eigenvalue weighted by Crippen LogP contribution is 2.26. The molecule has 0 aliphatic heterocycles. The van der Waals surface area contributed by atoms with Crippen LogP contribution in [0.2, 0.25) is 5.02 Å². The predicted octanol–water partition coefficient (Wildman–Crippen LogP) is 3.91. The van der Waals surface area contributed by atoms with E-state index in [0.717, 1.165) is 5.56 Å². The van der Waals surface area contributed by atoms with Gasteiger partial charge in [0.05, 0.1) is 5.02 Å². The van der Waals surface area contributed by atoms with Crippen LogP contribution in [0, 0.1) is 0 Å². The summed E-state index contributed by atoms with van der Waals surface area (Å²) in [4.78, 5) is 12.4. The van der Waals surface area contributed by atoms with Crippen molar-refractivity contribution < 1.29 is 4.79 Å². The van der Waals surface area contributed by atoms with Gasteiger partial charge in [0.2, 0.25) is 0 Å². The van der Waals surface area contributed by atoms with Crippen LogP contribution in [0.4, 0.5) is 5.69 Å². The van der Waals surface area contributed by atoms with E-state index in [9.17, 15) is 4.79 Å². The van der Waals surface area contributed by atoms with Crippen LogP contribution >= 0.6 is 11.6 Å². The van der Waals surface area contributed by atoms with Crippen molar-refractivity contribution in [3.63, 3.8) is 0 Å². The Bertz CT molecular complexity index is 566. The molecule has 2 aromatic rings. The van der Waals surface area contributed by atoms with E-state index in [1.54, 1.807) is 18.2 Å². The first-order chi connectivity index (χ1) is 8.59. The van der Waals surface area contributed by atoms with Gasteiger partial charge in [0.1, 0.15) is 0 Å². The van der Waals surface area contributed by atoms with Crippen molar-refractivity contribution in [3.8, 4) is 0 Å². The minimum atomic E-state index is -0.215. The maximum absolute atomic E-state index is 12.4. The summed E-state index contributed by atoms with van der Waals surface area (Å²) in [5.41, 5.74) is 7.68. The molecule has 18 heavy (non-hydrogen) atoms. The summed E-state index contributed by atoms with van der Waals surface area (Å²) < 4.78 is 0. The summed E-state index contributed by atoms with van der Waals surface area (Å²) in [5.74, 6) is -0.210. The molecule has 2 N–H and O–H groups in total. The Morgan fingerprint density at radius 2 is 1.83 bits per heavy atom. The standard InChI is InChI=1S/C15H14ClNO/c1-10(11-5-3-2-4-6-11)15(18)13-8-7-12(17)9-14(13)16/h2-10H,17H2,1H3. The molecule has 0 saturated carbocycles. The van der Waals surface area contributed by atoms with E-state index in [2.05, 4.69) is 0 Å². The molecule has 0 heterocycles. The summed E-state index contributed by atoms with van der Waals surface area (Å²) in [6.07, 6.45) is 0. The van der Waals surface area contributed by atoms with Gasteiger partial charge in [-0.3, -0.25) is 4.79 Å². The van der Waals surface area contributed by atoms with Crippen molar-refractivity contribution in [1.29, 1.82) is 0 Å². The highest BCUT2D eigenvalue weighted by atomic mass is 35.5. The van der Waals surface area contributed by atoms with Crippen LogP contribution in [0.3, 0.4) is 0 Å². The van der Waals surface area contributed by atoms with Gasteiger partial charge < -0.3 is 5.73 Å². The zero-order valence-corrected chi connectivity index (χ0v) is 10.8. The number of hydrogen-bond acceptors (Lipinski definition) is 2. The Kier molecular flexibility index (Phi) is 3.68. The predicted molar refractivity (Wildman–Crippen MR) is 75.1 cm³/mol. The molecule has 0 saturated heterocycles. The smallest absolute Gasteiger partial charge is 0.171 e. The molecule has 3 heteroatoms. The average molecular weight is 260 g/mol. The van der Waals surface area contributed by atoms with Gasteiger partial charge in [0.15, 0.2) is 5.78 Å². The Hall–Kier alpha value is -1.80. The molecule has 0 bridgehead atoms. The molecular weight excluding hydrogens is 246 g/mol. The van der Waals surface area contributed by atoms with E-state index in [1.165, 1.54) is 0 Å². The number of nitrogen functional groups attached to an aromatic ring is 1. The molecule has 2 aromatic carbocycles. The number of nitrogens with two attached hydrogens (primary N) is 1. The normalized spacial score (nSPS) is 12.1. The zero-order valence-electron chi connectivity index (χ0n) is 10.1. The van der Waals surface area contributed by atoms with Crippen LogP contribution in [-0.4, -0.2) is 5.78 Å². The second-order valence-electron chi connectivity index (χ2n) is 4.24. The van der Waals surface area contributed by atoms with E-state index in [-0.39, 0.29) is 11.7 Å². The van der Waals surface area contributed by atoms with Crippen LogP contribution in [-0.2, 0) is 0 Å². The fourth-order valence-electron chi connectivity index (χ4n) is 1.86. The summed E-state index contributed by atoms with van der Waals surface area (Å²) in [5, 5.41) is 0.405. The van der Waals surface area contributed by atoms with Crippen LogP contribution < -0.4 is 5.73 Å². The fraction of sp³-hybridized carbons (Fsp3) is 0.133. The van der Waals surface area contributed by atoms with Crippen molar-refractivity contribution in [2.75, 3.05) is 5.73 Å². The zero-order chi connectivity index (χ0) is 13.1. The third kappa shape index (κ3) is 2.54. The monoisotopic (exact) mass is 259 g/mol. The molecule has 1 atom stereocenters. The molecule has 0 aliphatic rings. The number of rotatable bonds is 3. The number of carbonyl (C=O) groups is 1. The van der Waals surface area contributed by atoms with Crippen molar-refractivity contribution >= 4 is 23.1 Å². The number of carbonyl (C=O) groups excluding carboxylic acids is 1. The molecule has 0 amide bonds. The first-order valence-corrected chi connectivity index (χ1v) is 6.11. The maximum atomic E-state index is 12.4. The molecule has 0 spiro atoms. The second kappa shape index (κ2) is 5.23. The Labute approximate surface area is 111 Å². The molecule has 0 radical (unpaired) electrons. The van der Waals surface area contributed by atoms with Crippen molar-refractivity contribution in [2.45, 2.75) is 12.8 Å². The Morgan fingerprint density at radius 3 is 2.44 bits per heavy atom. The topological polar surface area (TPSA) is 43.1 Å². The van der Waals surface area contributed by atoms with Gasteiger partial charge in [-0.1, -0.05) is 48.9 Å². The summed E-state index contributed by atoms with van der Waals surface area (Å²) >= 11 is 6.06. The van der Waals surface area contributed by atoms with Crippen molar-refractivity contribution in [2.24, 2.45) is 0 Å². The maximum Gasteiger partial charge on any atom is 0.171 e. The third-order valence-corrected chi connectivity index (χ3v) is 3.26. The van der Waals surface area contributed by atoms with E-state index in [0.29, 0.717) is 16.3 Å². The quantitative estimate of drug-likeness (QED) is 0.671. The second-order valence-corrected chi connectivity index (χ2v) is 4.64. The molecule has 0 fully saturated rings. The van der Waals surface area contributed by atoms with Crippen molar-refractivity contribution in [3.05, 3.63) is 64.7 Å². The minimum absolute atomic E-state index is 0.00574. The van der Waals surface area contributed by atoms with Gasteiger partial charge in [-0.25, -0.2) is 0 Å². The SMILES string of the molecule is CC(C(=O)c1ccc(N)cc1Cl)c1ccccc1. The van der Waals surface area contributed by atoms with E-state index >= 15 is 0 Å². The summed E-state index contributed by atoms with van der Waals surface area (Å²) in [6.45, 7) is 1.88. The lowest BCUT2D eigenvalue weighted by Crippen LogP contribution is -2.10. The first kappa shape index (κ1) is 12.7. The number of hydrogen-bond donors (Lipinski definition) is 1. The summed E-state index contributed by atoms with van der Waals surface area (Å²) in [6, 6.07) is 14.6. The van der Waals surface area contributed by atoms with E-state index in [4.69, 9.17) is 17.3 Å². The molecule has 2 rings (SSSR count). The molecule has 1 unspecified atom stereocenters. The third-order valence-electron chi connectivity index (χ3n) is 2.95. The lowest BCUT2D eigenvalue weighted by atomic mass is 9.92. The molecular formula is C15H14ClNO. The average Bonchev–Trinajstić information content (AvgIpc) is 2.38.